The maximum absolute atomic E-state index is 13.8. The standard InChI is InChI=1S/C15H15ClFNO/c1-10(11-3-5-12(16)6-4-11)18-15-8-7-13(19-2)9-14(15)17/h3-10,18H,1-2H3. The first-order chi connectivity index (χ1) is 9.10. The van der Waals surface area contributed by atoms with E-state index < -0.39 is 0 Å². The minimum Gasteiger partial charge on any atom is -0.497 e. The molecule has 1 N–H and O–H groups in total. The van der Waals surface area contributed by atoms with Crippen molar-refractivity contribution in [3.05, 3.63) is 58.9 Å². The third kappa shape index (κ3) is 3.38. The molecule has 0 saturated carbocycles. The summed E-state index contributed by atoms with van der Waals surface area (Å²) in [7, 11) is 1.51. The van der Waals surface area contributed by atoms with Crippen LogP contribution in [0.25, 0.3) is 0 Å². The average Bonchev–Trinajstić information content (AvgIpc) is 2.41. The van der Waals surface area contributed by atoms with Gasteiger partial charge in [-0.2, -0.15) is 0 Å². The molecule has 0 spiro atoms. The molecule has 2 nitrogen and oxygen atoms in total. The summed E-state index contributed by atoms with van der Waals surface area (Å²) >= 11 is 5.84. The number of halogens is 2. The van der Waals surface area contributed by atoms with Gasteiger partial charge in [0.05, 0.1) is 12.8 Å². The quantitative estimate of drug-likeness (QED) is 0.879. The van der Waals surface area contributed by atoms with E-state index in [1.54, 1.807) is 12.1 Å². The minimum atomic E-state index is -0.333. The molecular weight excluding hydrogens is 265 g/mol. The Hall–Kier alpha value is -1.74. The summed E-state index contributed by atoms with van der Waals surface area (Å²) in [4.78, 5) is 0. The Morgan fingerprint density at radius 3 is 2.42 bits per heavy atom. The highest BCUT2D eigenvalue weighted by Gasteiger charge is 2.09. The number of ether oxygens (including phenoxy) is 1. The summed E-state index contributed by atoms with van der Waals surface area (Å²) in [6.07, 6.45) is 0. The van der Waals surface area contributed by atoms with Crippen LogP contribution in [-0.4, -0.2) is 7.11 Å². The average molecular weight is 280 g/mol. The fraction of sp³-hybridized carbons (Fsp3) is 0.200. The van der Waals surface area contributed by atoms with E-state index in [0.717, 1.165) is 5.56 Å². The summed E-state index contributed by atoms with van der Waals surface area (Å²) in [6.45, 7) is 1.97. The molecule has 0 aromatic heterocycles. The van der Waals surface area contributed by atoms with E-state index in [1.807, 2.05) is 31.2 Å². The van der Waals surface area contributed by atoms with Crippen LogP contribution in [0, 0.1) is 5.82 Å². The Bertz CT molecular complexity index is 557. The second kappa shape index (κ2) is 5.93. The van der Waals surface area contributed by atoms with Gasteiger partial charge in [0.2, 0.25) is 0 Å². The van der Waals surface area contributed by atoms with E-state index in [9.17, 15) is 4.39 Å². The molecule has 0 aliphatic rings. The fourth-order valence-corrected chi connectivity index (χ4v) is 1.93. The van der Waals surface area contributed by atoms with Crippen LogP contribution in [0.15, 0.2) is 42.5 Å². The van der Waals surface area contributed by atoms with Crippen molar-refractivity contribution in [3.8, 4) is 5.75 Å². The molecule has 1 unspecified atom stereocenters. The van der Waals surface area contributed by atoms with E-state index in [0.29, 0.717) is 16.5 Å². The van der Waals surface area contributed by atoms with E-state index in [-0.39, 0.29) is 11.9 Å². The van der Waals surface area contributed by atoms with E-state index >= 15 is 0 Å². The van der Waals surface area contributed by atoms with Crippen molar-refractivity contribution in [1.29, 1.82) is 0 Å². The van der Waals surface area contributed by atoms with Crippen molar-refractivity contribution < 1.29 is 9.13 Å². The van der Waals surface area contributed by atoms with Crippen LogP contribution < -0.4 is 10.1 Å². The molecule has 0 heterocycles. The number of hydrogen-bond acceptors (Lipinski definition) is 2. The zero-order chi connectivity index (χ0) is 13.8. The van der Waals surface area contributed by atoms with Gasteiger partial charge in [-0.1, -0.05) is 23.7 Å². The molecule has 0 radical (unpaired) electrons. The molecule has 0 saturated heterocycles. The number of nitrogens with one attached hydrogen (secondary N) is 1. The first kappa shape index (κ1) is 13.7. The lowest BCUT2D eigenvalue weighted by Gasteiger charge is -2.16. The van der Waals surface area contributed by atoms with E-state index in [2.05, 4.69) is 5.32 Å². The minimum absolute atomic E-state index is 0.0137. The zero-order valence-corrected chi connectivity index (χ0v) is 11.5. The highest BCUT2D eigenvalue weighted by molar-refractivity contribution is 6.30. The maximum Gasteiger partial charge on any atom is 0.149 e. The molecule has 2 rings (SSSR count). The van der Waals surface area contributed by atoms with Gasteiger partial charge in [-0.3, -0.25) is 0 Å². The van der Waals surface area contributed by atoms with Gasteiger partial charge < -0.3 is 10.1 Å². The van der Waals surface area contributed by atoms with Crippen LogP contribution in [0.5, 0.6) is 5.75 Å². The summed E-state index contributed by atoms with van der Waals surface area (Å²) in [5.74, 6) is 0.169. The summed E-state index contributed by atoms with van der Waals surface area (Å²) in [6, 6.07) is 12.2. The van der Waals surface area contributed by atoms with Gasteiger partial charge in [0.25, 0.3) is 0 Å². The zero-order valence-electron chi connectivity index (χ0n) is 10.8. The van der Waals surface area contributed by atoms with E-state index in [4.69, 9.17) is 16.3 Å². The predicted molar refractivity (Wildman–Crippen MR) is 76.4 cm³/mol. The molecule has 4 heteroatoms. The third-order valence-corrected chi connectivity index (χ3v) is 3.17. The van der Waals surface area contributed by atoms with Crippen LogP contribution in [0.4, 0.5) is 10.1 Å². The summed E-state index contributed by atoms with van der Waals surface area (Å²) in [5, 5.41) is 3.81. The lowest BCUT2D eigenvalue weighted by atomic mass is 10.1. The second-order valence-electron chi connectivity index (χ2n) is 4.26. The van der Waals surface area contributed by atoms with Gasteiger partial charge in [-0.05, 0) is 36.8 Å². The second-order valence-corrected chi connectivity index (χ2v) is 4.70. The Balaban J connectivity index is 2.14. The van der Waals surface area contributed by atoms with Crippen molar-refractivity contribution in [2.45, 2.75) is 13.0 Å². The van der Waals surface area contributed by atoms with Crippen molar-refractivity contribution in [2.75, 3.05) is 12.4 Å². The maximum atomic E-state index is 13.8. The normalized spacial score (nSPS) is 12.0. The van der Waals surface area contributed by atoms with Crippen molar-refractivity contribution >= 4 is 17.3 Å². The molecule has 0 amide bonds. The van der Waals surface area contributed by atoms with Gasteiger partial charge in [-0.15, -0.1) is 0 Å². The fourth-order valence-electron chi connectivity index (χ4n) is 1.81. The monoisotopic (exact) mass is 279 g/mol. The van der Waals surface area contributed by atoms with Crippen molar-refractivity contribution in [1.82, 2.24) is 0 Å². The van der Waals surface area contributed by atoms with Gasteiger partial charge in [0.1, 0.15) is 11.6 Å². The first-order valence-corrected chi connectivity index (χ1v) is 6.33. The molecule has 2 aromatic carbocycles. The van der Waals surface area contributed by atoms with Gasteiger partial charge in [0, 0.05) is 17.1 Å². The largest absolute Gasteiger partial charge is 0.497 e. The number of anilines is 1. The number of hydrogen-bond donors (Lipinski definition) is 1. The van der Waals surface area contributed by atoms with Crippen LogP contribution in [0.3, 0.4) is 0 Å². The van der Waals surface area contributed by atoms with Gasteiger partial charge in [0.15, 0.2) is 0 Å². The highest BCUT2D eigenvalue weighted by atomic mass is 35.5. The van der Waals surface area contributed by atoms with E-state index in [1.165, 1.54) is 13.2 Å². The molecule has 1 atom stereocenters. The van der Waals surface area contributed by atoms with Crippen molar-refractivity contribution in [2.24, 2.45) is 0 Å². The van der Waals surface area contributed by atoms with Crippen LogP contribution in [-0.2, 0) is 0 Å². The topological polar surface area (TPSA) is 21.3 Å². The Labute approximate surface area is 117 Å². The van der Waals surface area contributed by atoms with Crippen molar-refractivity contribution in [3.63, 3.8) is 0 Å². The summed E-state index contributed by atoms with van der Waals surface area (Å²) < 4.78 is 18.8. The molecule has 0 bridgehead atoms. The Kier molecular flexibility index (Phi) is 4.27. The smallest absolute Gasteiger partial charge is 0.149 e. The summed E-state index contributed by atoms with van der Waals surface area (Å²) in [5.41, 5.74) is 1.49. The van der Waals surface area contributed by atoms with Crippen LogP contribution in [0.1, 0.15) is 18.5 Å². The van der Waals surface area contributed by atoms with Gasteiger partial charge in [-0.25, -0.2) is 4.39 Å². The number of rotatable bonds is 4. The first-order valence-electron chi connectivity index (χ1n) is 5.95. The molecule has 0 fully saturated rings. The molecule has 2 aromatic rings. The Morgan fingerprint density at radius 1 is 1.16 bits per heavy atom. The van der Waals surface area contributed by atoms with Crippen LogP contribution >= 0.6 is 11.6 Å². The van der Waals surface area contributed by atoms with Gasteiger partial charge >= 0.3 is 0 Å². The lowest BCUT2D eigenvalue weighted by molar-refractivity contribution is 0.411. The third-order valence-electron chi connectivity index (χ3n) is 2.92. The molecule has 19 heavy (non-hydrogen) atoms. The van der Waals surface area contributed by atoms with Crippen LogP contribution in [0.2, 0.25) is 5.02 Å². The Morgan fingerprint density at radius 2 is 1.84 bits per heavy atom. The lowest BCUT2D eigenvalue weighted by Crippen LogP contribution is -2.07. The predicted octanol–water partition coefficient (Wildman–Crippen LogP) is 4.66. The molecule has 0 aliphatic heterocycles. The molecular formula is C15H15ClFNO. The number of methoxy groups -OCH3 is 1. The SMILES string of the molecule is COc1ccc(NC(C)c2ccc(Cl)cc2)c(F)c1. The molecule has 100 valence electrons. The number of benzene rings is 2. The highest BCUT2D eigenvalue weighted by Crippen LogP contribution is 2.25. The molecule has 0 aliphatic carbocycles.